The van der Waals surface area contributed by atoms with Crippen LogP contribution >= 0.6 is 0 Å². The van der Waals surface area contributed by atoms with Crippen molar-refractivity contribution in [3.63, 3.8) is 0 Å². The fraction of sp³-hybridized carbons (Fsp3) is 0.391. The largest absolute Gasteiger partial charge is 0.381 e. The molecule has 0 unspecified atom stereocenters. The number of hydrogen-bond acceptors (Lipinski definition) is 6. The van der Waals surface area contributed by atoms with E-state index in [0.717, 1.165) is 25.6 Å². The molecule has 0 saturated carbocycles. The van der Waals surface area contributed by atoms with E-state index in [4.69, 9.17) is 4.84 Å². The number of carbonyl (C=O) groups excluding carboxylic acids is 2. The lowest BCUT2D eigenvalue weighted by atomic mass is 9.95. The van der Waals surface area contributed by atoms with E-state index in [1.165, 1.54) is 6.07 Å². The zero-order chi connectivity index (χ0) is 22.2. The molecule has 3 heterocycles. The van der Waals surface area contributed by atoms with E-state index in [2.05, 4.69) is 15.5 Å². The summed E-state index contributed by atoms with van der Waals surface area (Å²) in [5, 5.41) is 7.23. The van der Waals surface area contributed by atoms with Crippen molar-refractivity contribution in [1.29, 1.82) is 0 Å². The molecule has 0 spiro atoms. The van der Waals surface area contributed by atoms with Crippen molar-refractivity contribution < 1.29 is 18.8 Å². The van der Waals surface area contributed by atoms with Crippen molar-refractivity contribution in [2.75, 3.05) is 18.0 Å². The second-order valence-corrected chi connectivity index (χ2v) is 8.42. The monoisotopic (exact) mass is 424 g/mol. The topological polar surface area (TPSA) is 83.9 Å². The first-order chi connectivity index (χ1) is 14.8. The maximum absolute atomic E-state index is 13.6. The summed E-state index contributed by atoms with van der Waals surface area (Å²) in [5.41, 5.74) is 0.898. The van der Waals surface area contributed by atoms with Gasteiger partial charge < -0.3 is 10.2 Å². The number of aromatic nitrogens is 1. The number of pyridine rings is 1. The molecule has 2 aromatic rings. The number of oxime groups is 1. The molecule has 1 atom stereocenters. The molecule has 2 aliphatic heterocycles. The van der Waals surface area contributed by atoms with E-state index < -0.39 is 11.4 Å². The van der Waals surface area contributed by atoms with Crippen molar-refractivity contribution >= 4 is 23.2 Å². The predicted octanol–water partition coefficient (Wildman–Crippen LogP) is 3.01. The van der Waals surface area contributed by atoms with Gasteiger partial charge in [-0.2, -0.15) is 0 Å². The quantitative estimate of drug-likeness (QED) is 0.816. The van der Waals surface area contributed by atoms with E-state index >= 15 is 0 Å². The Hall–Kier alpha value is -3.13. The van der Waals surface area contributed by atoms with Crippen LogP contribution in [0.15, 0.2) is 41.7 Å². The molecule has 162 valence electrons. The van der Waals surface area contributed by atoms with Crippen LogP contribution in [0, 0.1) is 12.7 Å². The smallest absolute Gasteiger partial charge is 0.259 e. The van der Waals surface area contributed by atoms with Gasteiger partial charge in [-0.15, -0.1) is 0 Å². The van der Waals surface area contributed by atoms with Gasteiger partial charge in [0.05, 0.1) is 12.2 Å². The van der Waals surface area contributed by atoms with Crippen LogP contribution in [-0.4, -0.2) is 47.1 Å². The van der Waals surface area contributed by atoms with E-state index in [0.29, 0.717) is 29.1 Å². The van der Waals surface area contributed by atoms with Gasteiger partial charge in [0.15, 0.2) is 11.3 Å². The third kappa shape index (κ3) is 4.07. The number of carbonyl (C=O) groups is 2. The molecule has 4 rings (SSSR count). The van der Waals surface area contributed by atoms with Gasteiger partial charge in [-0.1, -0.05) is 17.3 Å². The molecule has 8 heteroatoms. The summed E-state index contributed by atoms with van der Waals surface area (Å²) in [6.07, 6.45) is 2.89. The van der Waals surface area contributed by atoms with Gasteiger partial charge in [0.25, 0.3) is 5.91 Å². The highest BCUT2D eigenvalue weighted by atomic mass is 19.1. The standard InChI is InChI=1S/C23H25FN4O3/c1-14-11-17(24)12-26-21(14)28(18-5-4-10-25-13-18)22(30)16-8-6-15(7-9-16)19-20(29)23(2,3)31-27-19/h6-9,11-12,18,25H,4-5,10,13H2,1-3H3/t18-/m1/s1. The van der Waals surface area contributed by atoms with Crippen LogP contribution in [0.1, 0.15) is 48.2 Å². The number of hydrogen-bond donors (Lipinski definition) is 1. The van der Waals surface area contributed by atoms with Crippen LogP contribution in [0.3, 0.4) is 0 Å². The SMILES string of the molecule is Cc1cc(F)cnc1N(C(=O)c1ccc(C2=NOC(C)(C)C2=O)cc1)[C@@H]1CCCNC1. The van der Waals surface area contributed by atoms with Gasteiger partial charge in [-0.05, 0) is 63.9 Å². The van der Waals surface area contributed by atoms with Crippen molar-refractivity contribution in [3.05, 3.63) is 59.0 Å². The van der Waals surface area contributed by atoms with Crippen molar-refractivity contribution in [2.45, 2.75) is 45.3 Å². The highest BCUT2D eigenvalue weighted by molar-refractivity contribution is 6.49. The summed E-state index contributed by atoms with van der Waals surface area (Å²) in [5.74, 6) is -0.409. The average Bonchev–Trinajstić information content (AvgIpc) is 3.03. The molecule has 1 N–H and O–H groups in total. The summed E-state index contributed by atoms with van der Waals surface area (Å²) in [7, 11) is 0. The number of halogens is 1. The van der Waals surface area contributed by atoms with E-state index in [-0.39, 0.29) is 23.4 Å². The van der Waals surface area contributed by atoms with E-state index in [1.807, 2.05) is 0 Å². The Balaban J connectivity index is 1.65. The number of nitrogens with zero attached hydrogens (tertiary/aromatic N) is 3. The van der Waals surface area contributed by atoms with Crippen LogP contribution in [0.5, 0.6) is 0 Å². The number of nitrogens with one attached hydrogen (secondary N) is 1. The van der Waals surface area contributed by atoms with Gasteiger partial charge in [0, 0.05) is 17.7 Å². The van der Waals surface area contributed by atoms with E-state index in [9.17, 15) is 14.0 Å². The molecule has 1 fully saturated rings. The van der Waals surface area contributed by atoms with Gasteiger partial charge in [0.2, 0.25) is 5.78 Å². The number of benzene rings is 1. The summed E-state index contributed by atoms with van der Waals surface area (Å²) in [6, 6.07) is 8.01. The average molecular weight is 424 g/mol. The Morgan fingerprint density at radius 3 is 2.61 bits per heavy atom. The molecule has 7 nitrogen and oxygen atoms in total. The molecule has 2 aliphatic rings. The van der Waals surface area contributed by atoms with Crippen LogP contribution in [0.25, 0.3) is 0 Å². The highest BCUT2D eigenvalue weighted by Gasteiger charge is 2.40. The summed E-state index contributed by atoms with van der Waals surface area (Å²) >= 11 is 0. The van der Waals surface area contributed by atoms with Crippen molar-refractivity contribution in [3.8, 4) is 0 Å². The Bertz CT molecular complexity index is 1040. The number of anilines is 1. The van der Waals surface area contributed by atoms with Crippen LogP contribution in [-0.2, 0) is 9.63 Å². The maximum Gasteiger partial charge on any atom is 0.259 e. The number of ketones is 1. The Morgan fingerprint density at radius 2 is 2.03 bits per heavy atom. The lowest BCUT2D eigenvalue weighted by Crippen LogP contribution is -2.49. The highest BCUT2D eigenvalue weighted by Crippen LogP contribution is 2.26. The zero-order valence-electron chi connectivity index (χ0n) is 17.8. The normalized spacial score (nSPS) is 20.2. The minimum absolute atomic E-state index is 0.0902. The minimum atomic E-state index is -0.986. The third-order valence-electron chi connectivity index (χ3n) is 5.63. The first kappa shape index (κ1) is 21.1. The lowest BCUT2D eigenvalue weighted by Gasteiger charge is -2.34. The first-order valence-electron chi connectivity index (χ1n) is 10.4. The summed E-state index contributed by atoms with van der Waals surface area (Å²) in [6.45, 7) is 6.62. The zero-order valence-corrected chi connectivity index (χ0v) is 17.8. The summed E-state index contributed by atoms with van der Waals surface area (Å²) in [4.78, 5) is 37.1. The molecular weight excluding hydrogens is 399 g/mol. The predicted molar refractivity (Wildman–Crippen MR) is 115 cm³/mol. The third-order valence-corrected chi connectivity index (χ3v) is 5.63. The molecule has 0 aliphatic carbocycles. The summed E-state index contributed by atoms with van der Waals surface area (Å²) < 4.78 is 13.6. The number of piperidine rings is 1. The fourth-order valence-electron chi connectivity index (χ4n) is 3.90. The van der Waals surface area contributed by atoms with Gasteiger partial charge in [-0.3, -0.25) is 14.5 Å². The van der Waals surface area contributed by atoms with Crippen LogP contribution in [0.4, 0.5) is 10.2 Å². The second kappa shape index (κ2) is 8.19. The second-order valence-electron chi connectivity index (χ2n) is 8.42. The lowest BCUT2D eigenvalue weighted by molar-refractivity contribution is -0.128. The van der Waals surface area contributed by atoms with E-state index in [1.54, 1.807) is 49.9 Å². The van der Waals surface area contributed by atoms with Gasteiger partial charge in [-0.25, -0.2) is 9.37 Å². The Kier molecular flexibility index (Phi) is 5.58. The molecule has 1 saturated heterocycles. The maximum atomic E-state index is 13.6. The molecule has 1 aromatic heterocycles. The van der Waals surface area contributed by atoms with Gasteiger partial charge in [0.1, 0.15) is 11.6 Å². The van der Waals surface area contributed by atoms with Crippen molar-refractivity contribution in [1.82, 2.24) is 10.3 Å². The molecule has 1 amide bonds. The number of Topliss-reactive ketones (excluding diaryl/α,β-unsaturated/α-hetero) is 1. The number of rotatable bonds is 4. The molecule has 1 aromatic carbocycles. The fourth-order valence-corrected chi connectivity index (χ4v) is 3.90. The molecule has 0 bridgehead atoms. The Morgan fingerprint density at radius 1 is 1.29 bits per heavy atom. The molecular formula is C23H25FN4O3. The number of amides is 1. The first-order valence-corrected chi connectivity index (χ1v) is 10.4. The Labute approximate surface area is 180 Å². The molecule has 0 radical (unpaired) electrons. The van der Waals surface area contributed by atoms with Crippen molar-refractivity contribution in [2.24, 2.45) is 5.16 Å². The van der Waals surface area contributed by atoms with Gasteiger partial charge >= 0.3 is 0 Å². The number of aryl methyl sites for hydroxylation is 1. The minimum Gasteiger partial charge on any atom is -0.381 e. The molecule has 31 heavy (non-hydrogen) atoms. The van der Waals surface area contributed by atoms with Crippen LogP contribution < -0.4 is 10.2 Å². The van der Waals surface area contributed by atoms with Crippen LogP contribution in [0.2, 0.25) is 0 Å².